The van der Waals surface area contributed by atoms with Crippen LogP contribution in [0.4, 0.5) is 5.95 Å². The maximum atomic E-state index is 5.56. The van der Waals surface area contributed by atoms with E-state index >= 15 is 0 Å². The molecule has 1 heterocycles. The van der Waals surface area contributed by atoms with E-state index < -0.39 is 0 Å². The Morgan fingerprint density at radius 1 is 1.00 bits per heavy atom. The molecule has 0 bridgehead atoms. The van der Waals surface area contributed by atoms with Gasteiger partial charge in [0.05, 0.1) is 6.61 Å². The molecule has 0 amide bonds. The summed E-state index contributed by atoms with van der Waals surface area (Å²) >= 11 is 0. The van der Waals surface area contributed by atoms with Crippen LogP contribution < -0.4 is 10.1 Å². The highest BCUT2D eigenvalue weighted by atomic mass is 16.5. The summed E-state index contributed by atoms with van der Waals surface area (Å²) < 4.78 is 5.56. The molecule has 21 heavy (non-hydrogen) atoms. The SMILES string of the molecule is CCCOc1nc(NCC)nc(-c2cc(C)cc(C)c2)n1. The monoisotopic (exact) mass is 286 g/mol. The van der Waals surface area contributed by atoms with Crippen molar-refractivity contribution in [2.75, 3.05) is 18.5 Å². The van der Waals surface area contributed by atoms with Crippen LogP contribution in [0.2, 0.25) is 0 Å². The standard InChI is InChI=1S/C16H22N4O/c1-5-7-21-16-19-14(18-15(20-16)17-6-2)13-9-11(3)8-12(4)10-13/h8-10H,5-7H2,1-4H3,(H,17,18,19,20). The van der Waals surface area contributed by atoms with Gasteiger partial charge in [-0.1, -0.05) is 24.1 Å². The van der Waals surface area contributed by atoms with E-state index in [0.29, 0.717) is 24.4 Å². The summed E-state index contributed by atoms with van der Waals surface area (Å²) in [7, 11) is 0. The lowest BCUT2D eigenvalue weighted by atomic mass is 10.1. The van der Waals surface area contributed by atoms with Crippen molar-refractivity contribution in [1.82, 2.24) is 15.0 Å². The van der Waals surface area contributed by atoms with E-state index in [0.717, 1.165) is 18.5 Å². The molecule has 0 saturated carbocycles. The number of nitrogens with zero attached hydrogens (tertiary/aromatic N) is 3. The Bertz CT molecular complexity index is 593. The predicted molar refractivity (Wildman–Crippen MR) is 84.7 cm³/mol. The van der Waals surface area contributed by atoms with E-state index in [1.54, 1.807) is 0 Å². The second kappa shape index (κ2) is 7.02. The van der Waals surface area contributed by atoms with Gasteiger partial charge in [-0.25, -0.2) is 0 Å². The van der Waals surface area contributed by atoms with Crippen molar-refractivity contribution in [2.45, 2.75) is 34.1 Å². The van der Waals surface area contributed by atoms with Crippen molar-refractivity contribution in [2.24, 2.45) is 0 Å². The lowest BCUT2D eigenvalue weighted by Crippen LogP contribution is -2.08. The smallest absolute Gasteiger partial charge is 0.321 e. The van der Waals surface area contributed by atoms with Crippen molar-refractivity contribution >= 4 is 5.95 Å². The third kappa shape index (κ3) is 4.15. The Morgan fingerprint density at radius 3 is 2.33 bits per heavy atom. The minimum Gasteiger partial charge on any atom is -0.463 e. The molecule has 2 rings (SSSR count). The van der Waals surface area contributed by atoms with Gasteiger partial charge in [0, 0.05) is 12.1 Å². The maximum absolute atomic E-state index is 5.56. The number of anilines is 1. The van der Waals surface area contributed by atoms with Crippen molar-refractivity contribution in [3.63, 3.8) is 0 Å². The first-order valence-electron chi connectivity index (χ1n) is 7.33. The summed E-state index contributed by atoms with van der Waals surface area (Å²) in [6.07, 6.45) is 0.918. The number of rotatable bonds is 6. The molecule has 0 aliphatic heterocycles. The summed E-state index contributed by atoms with van der Waals surface area (Å²) in [4.78, 5) is 13.2. The fraction of sp³-hybridized carbons (Fsp3) is 0.438. The van der Waals surface area contributed by atoms with Crippen LogP contribution in [-0.4, -0.2) is 28.1 Å². The zero-order valence-corrected chi connectivity index (χ0v) is 13.1. The fourth-order valence-electron chi connectivity index (χ4n) is 2.08. The molecule has 0 saturated heterocycles. The van der Waals surface area contributed by atoms with Crippen LogP contribution in [0.15, 0.2) is 18.2 Å². The van der Waals surface area contributed by atoms with E-state index in [1.807, 2.05) is 6.92 Å². The van der Waals surface area contributed by atoms with E-state index in [9.17, 15) is 0 Å². The molecule has 112 valence electrons. The molecule has 0 aliphatic rings. The molecule has 0 fully saturated rings. The third-order valence-corrected chi connectivity index (χ3v) is 2.86. The van der Waals surface area contributed by atoms with Crippen molar-refractivity contribution in [3.8, 4) is 17.4 Å². The Labute approximate surface area is 125 Å². The largest absolute Gasteiger partial charge is 0.463 e. The predicted octanol–water partition coefficient (Wildman–Crippen LogP) is 3.38. The summed E-state index contributed by atoms with van der Waals surface area (Å²) in [6.45, 7) is 9.55. The molecule has 0 spiro atoms. The van der Waals surface area contributed by atoms with Crippen LogP contribution in [0.1, 0.15) is 31.4 Å². The number of hydrogen-bond donors (Lipinski definition) is 1. The summed E-state index contributed by atoms with van der Waals surface area (Å²) in [5, 5.41) is 3.12. The minimum absolute atomic E-state index is 0.372. The van der Waals surface area contributed by atoms with Gasteiger partial charge in [-0.2, -0.15) is 15.0 Å². The van der Waals surface area contributed by atoms with Crippen LogP contribution in [0, 0.1) is 13.8 Å². The number of aromatic nitrogens is 3. The zero-order valence-electron chi connectivity index (χ0n) is 13.1. The molecule has 1 N–H and O–H groups in total. The van der Waals surface area contributed by atoms with E-state index in [2.05, 4.69) is 59.2 Å². The van der Waals surface area contributed by atoms with Gasteiger partial charge in [-0.15, -0.1) is 0 Å². The van der Waals surface area contributed by atoms with Gasteiger partial charge in [0.25, 0.3) is 0 Å². The number of hydrogen-bond acceptors (Lipinski definition) is 5. The van der Waals surface area contributed by atoms with Crippen LogP contribution >= 0.6 is 0 Å². The molecule has 1 aromatic carbocycles. The first-order valence-corrected chi connectivity index (χ1v) is 7.33. The highest BCUT2D eigenvalue weighted by Gasteiger charge is 2.10. The Hall–Kier alpha value is -2.17. The highest BCUT2D eigenvalue weighted by molar-refractivity contribution is 5.59. The third-order valence-electron chi connectivity index (χ3n) is 2.86. The summed E-state index contributed by atoms with van der Waals surface area (Å²) in [5.41, 5.74) is 3.35. The summed E-state index contributed by atoms with van der Waals surface area (Å²) in [6, 6.07) is 6.64. The van der Waals surface area contributed by atoms with Crippen molar-refractivity contribution in [1.29, 1.82) is 0 Å². The van der Waals surface area contributed by atoms with Gasteiger partial charge in [0.15, 0.2) is 5.82 Å². The number of aryl methyl sites for hydroxylation is 2. The Balaban J connectivity index is 2.42. The van der Waals surface area contributed by atoms with Gasteiger partial charge < -0.3 is 10.1 Å². The second-order valence-electron chi connectivity index (χ2n) is 5.02. The fourth-order valence-corrected chi connectivity index (χ4v) is 2.08. The lowest BCUT2D eigenvalue weighted by Gasteiger charge is -2.09. The molecule has 0 aliphatic carbocycles. The van der Waals surface area contributed by atoms with Gasteiger partial charge in [0.1, 0.15) is 0 Å². The molecule has 5 heteroatoms. The van der Waals surface area contributed by atoms with Crippen LogP contribution in [0.25, 0.3) is 11.4 Å². The van der Waals surface area contributed by atoms with E-state index in [-0.39, 0.29) is 0 Å². The average molecular weight is 286 g/mol. The van der Waals surface area contributed by atoms with Gasteiger partial charge in [-0.3, -0.25) is 0 Å². The Kier molecular flexibility index (Phi) is 5.09. The molecule has 0 unspecified atom stereocenters. The van der Waals surface area contributed by atoms with E-state index in [1.165, 1.54) is 11.1 Å². The molecule has 2 aromatic rings. The molecule has 1 aromatic heterocycles. The first-order chi connectivity index (χ1) is 10.1. The zero-order chi connectivity index (χ0) is 15.2. The normalized spacial score (nSPS) is 10.5. The average Bonchev–Trinajstić information content (AvgIpc) is 2.44. The minimum atomic E-state index is 0.372. The van der Waals surface area contributed by atoms with E-state index in [4.69, 9.17) is 4.74 Å². The van der Waals surface area contributed by atoms with Gasteiger partial charge in [-0.05, 0) is 39.3 Å². The first kappa shape index (κ1) is 15.2. The number of ether oxygens (including phenoxy) is 1. The van der Waals surface area contributed by atoms with Crippen molar-refractivity contribution in [3.05, 3.63) is 29.3 Å². The summed E-state index contributed by atoms with van der Waals surface area (Å²) in [5.74, 6) is 1.19. The van der Waals surface area contributed by atoms with Gasteiger partial charge >= 0.3 is 6.01 Å². The van der Waals surface area contributed by atoms with Crippen LogP contribution in [0.5, 0.6) is 6.01 Å². The molecule has 0 atom stereocenters. The number of benzene rings is 1. The van der Waals surface area contributed by atoms with Gasteiger partial charge in [0.2, 0.25) is 5.95 Å². The highest BCUT2D eigenvalue weighted by Crippen LogP contribution is 2.21. The lowest BCUT2D eigenvalue weighted by molar-refractivity contribution is 0.292. The molecule has 0 radical (unpaired) electrons. The topological polar surface area (TPSA) is 59.9 Å². The Morgan fingerprint density at radius 2 is 1.71 bits per heavy atom. The second-order valence-corrected chi connectivity index (χ2v) is 5.02. The van der Waals surface area contributed by atoms with Crippen LogP contribution in [-0.2, 0) is 0 Å². The maximum Gasteiger partial charge on any atom is 0.321 e. The molecular formula is C16H22N4O. The molecule has 5 nitrogen and oxygen atoms in total. The van der Waals surface area contributed by atoms with Crippen molar-refractivity contribution < 1.29 is 4.74 Å². The van der Waals surface area contributed by atoms with Crippen LogP contribution in [0.3, 0.4) is 0 Å². The number of nitrogens with one attached hydrogen (secondary N) is 1. The molecular weight excluding hydrogens is 264 g/mol. The quantitative estimate of drug-likeness (QED) is 0.882.